The Balaban J connectivity index is 2.23. The summed E-state index contributed by atoms with van der Waals surface area (Å²) < 4.78 is 0. The SMILES string of the molecule is Cc1[nH]nc(C(=O)N2CC(=O)NC(=O)C2)c1N. The van der Waals surface area contributed by atoms with Crippen LogP contribution in [0.2, 0.25) is 0 Å². The predicted molar refractivity (Wildman–Crippen MR) is 56.8 cm³/mol. The zero-order valence-electron chi connectivity index (χ0n) is 9.11. The Labute approximate surface area is 96.1 Å². The van der Waals surface area contributed by atoms with Crippen molar-refractivity contribution in [2.75, 3.05) is 18.8 Å². The molecule has 0 atom stereocenters. The quantitative estimate of drug-likeness (QED) is 0.508. The van der Waals surface area contributed by atoms with Crippen LogP contribution in [0, 0.1) is 6.92 Å². The Hall–Kier alpha value is -2.38. The summed E-state index contributed by atoms with van der Waals surface area (Å²) in [4.78, 5) is 35.3. The van der Waals surface area contributed by atoms with Crippen molar-refractivity contribution in [3.8, 4) is 0 Å². The molecule has 4 N–H and O–H groups in total. The Bertz CT molecular complexity index is 491. The number of amides is 3. The number of carbonyl (C=O) groups excluding carboxylic acids is 3. The van der Waals surface area contributed by atoms with E-state index in [9.17, 15) is 14.4 Å². The smallest absolute Gasteiger partial charge is 0.277 e. The minimum absolute atomic E-state index is 0.0324. The Morgan fingerprint density at radius 2 is 1.94 bits per heavy atom. The average molecular weight is 237 g/mol. The number of carbonyl (C=O) groups is 3. The monoisotopic (exact) mass is 237 g/mol. The highest BCUT2D eigenvalue weighted by molar-refractivity contribution is 6.06. The molecular formula is C9H11N5O3. The number of aromatic nitrogens is 2. The van der Waals surface area contributed by atoms with E-state index in [1.807, 2.05) is 0 Å². The highest BCUT2D eigenvalue weighted by Crippen LogP contribution is 2.15. The lowest BCUT2D eigenvalue weighted by Gasteiger charge is -2.24. The molecule has 1 aromatic rings. The summed E-state index contributed by atoms with van der Waals surface area (Å²) >= 11 is 0. The number of anilines is 1. The molecule has 3 amide bonds. The Kier molecular flexibility index (Phi) is 2.54. The summed E-state index contributed by atoms with van der Waals surface area (Å²) in [6, 6.07) is 0. The fraction of sp³-hybridized carbons (Fsp3) is 0.333. The highest BCUT2D eigenvalue weighted by atomic mass is 16.2. The molecule has 8 heteroatoms. The van der Waals surface area contributed by atoms with Crippen LogP contribution in [-0.4, -0.2) is 45.9 Å². The van der Waals surface area contributed by atoms with Gasteiger partial charge in [-0.2, -0.15) is 5.10 Å². The van der Waals surface area contributed by atoms with Crippen molar-refractivity contribution in [3.05, 3.63) is 11.4 Å². The molecule has 1 aliphatic heterocycles. The second-order valence-corrected chi connectivity index (χ2v) is 3.74. The van der Waals surface area contributed by atoms with Gasteiger partial charge in [-0.05, 0) is 6.92 Å². The molecule has 0 unspecified atom stereocenters. The topological polar surface area (TPSA) is 121 Å². The first-order chi connectivity index (χ1) is 7.99. The molecule has 8 nitrogen and oxygen atoms in total. The van der Waals surface area contributed by atoms with Crippen LogP contribution in [0.1, 0.15) is 16.2 Å². The van der Waals surface area contributed by atoms with Gasteiger partial charge in [0, 0.05) is 0 Å². The lowest BCUT2D eigenvalue weighted by atomic mass is 10.2. The number of nitrogens with two attached hydrogens (primary N) is 1. The van der Waals surface area contributed by atoms with Crippen molar-refractivity contribution in [1.29, 1.82) is 0 Å². The fourth-order valence-corrected chi connectivity index (χ4v) is 1.53. The van der Waals surface area contributed by atoms with Gasteiger partial charge in [0.1, 0.15) is 13.1 Å². The van der Waals surface area contributed by atoms with E-state index in [2.05, 4.69) is 15.5 Å². The van der Waals surface area contributed by atoms with Crippen LogP contribution in [0.3, 0.4) is 0 Å². The number of H-pyrrole nitrogens is 1. The minimum atomic E-state index is -0.532. The first-order valence-electron chi connectivity index (χ1n) is 4.91. The van der Waals surface area contributed by atoms with Crippen molar-refractivity contribution in [1.82, 2.24) is 20.4 Å². The number of imide groups is 1. The minimum Gasteiger partial charge on any atom is -0.395 e. The molecule has 0 aliphatic carbocycles. The molecule has 2 rings (SSSR count). The van der Waals surface area contributed by atoms with E-state index < -0.39 is 17.7 Å². The zero-order chi connectivity index (χ0) is 12.6. The second-order valence-electron chi connectivity index (χ2n) is 3.74. The maximum Gasteiger partial charge on any atom is 0.277 e. The number of hydrogen-bond donors (Lipinski definition) is 3. The predicted octanol–water partition coefficient (Wildman–Crippen LogP) is -1.60. The summed E-state index contributed by atoms with van der Waals surface area (Å²) in [5.74, 6) is -1.56. The third-order valence-electron chi connectivity index (χ3n) is 2.43. The molecule has 1 aromatic heterocycles. The van der Waals surface area contributed by atoms with Gasteiger partial charge < -0.3 is 10.6 Å². The highest BCUT2D eigenvalue weighted by Gasteiger charge is 2.29. The van der Waals surface area contributed by atoms with Crippen molar-refractivity contribution < 1.29 is 14.4 Å². The number of rotatable bonds is 1. The van der Waals surface area contributed by atoms with Gasteiger partial charge in [0.2, 0.25) is 11.8 Å². The largest absolute Gasteiger partial charge is 0.395 e. The van der Waals surface area contributed by atoms with Gasteiger partial charge in [0.25, 0.3) is 5.91 Å². The van der Waals surface area contributed by atoms with Gasteiger partial charge in [-0.15, -0.1) is 0 Å². The number of aryl methyl sites for hydroxylation is 1. The lowest BCUT2D eigenvalue weighted by molar-refractivity contribution is -0.135. The number of nitrogen functional groups attached to an aromatic ring is 1. The maximum atomic E-state index is 12.0. The molecule has 1 saturated heterocycles. The van der Waals surface area contributed by atoms with E-state index in [4.69, 9.17) is 5.73 Å². The number of piperazine rings is 1. The van der Waals surface area contributed by atoms with E-state index >= 15 is 0 Å². The lowest BCUT2D eigenvalue weighted by Crippen LogP contribution is -2.53. The normalized spacial score (nSPS) is 15.9. The summed E-state index contributed by atoms with van der Waals surface area (Å²) in [6.45, 7) is 1.33. The van der Waals surface area contributed by atoms with Crippen LogP contribution in [0.4, 0.5) is 5.69 Å². The van der Waals surface area contributed by atoms with Crippen LogP contribution in [0.15, 0.2) is 0 Å². The van der Waals surface area contributed by atoms with Gasteiger partial charge in [0.15, 0.2) is 5.69 Å². The number of hydrogen-bond acceptors (Lipinski definition) is 5. The van der Waals surface area contributed by atoms with Crippen molar-refractivity contribution >= 4 is 23.4 Å². The van der Waals surface area contributed by atoms with E-state index in [1.54, 1.807) is 6.92 Å². The molecular weight excluding hydrogens is 226 g/mol. The molecule has 0 spiro atoms. The third-order valence-corrected chi connectivity index (χ3v) is 2.43. The van der Waals surface area contributed by atoms with Gasteiger partial charge in [-0.1, -0.05) is 0 Å². The van der Waals surface area contributed by atoms with Crippen LogP contribution in [-0.2, 0) is 9.59 Å². The molecule has 1 aliphatic rings. The van der Waals surface area contributed by atoms with Crippen molar-refractivity contribution in [2.45, 2.75) is 6.92 Å². The molecule has 0 bridgehead atoms. The Morgan fingerprint density at radius 1 is 1.35 bits per heavy atom. The third kappa shape index (κ3) is 1.96. The van der Waals surface area contributed by atoms with Gasteiger partial charge in [-0.3, -0.25) is 24.8 Å². The molecule has 0 aromatic carbocycles. The van der Waals surface area contributed by atoms with Crippen molar-refractivity contribution in [2.24, 2.45) is 0 Å². The molecule has 90 valence electrons. The summed E-state index contributed by atoms with van der Waals surface area (Å²) in [6.07, 6.45) is 0. The van der Waals surface area contributed by atoms with Gasteiger partial charge >= 0.3 is 0 Å². The second kappa shape index (κ2) is 3.89. The van der Waals surface area contributed by atoms with E-state index in [-0.39, 0.29) is 24.5 Å². The Morgan fingerprint density at radius 3 is 2.41 bits per heavy atom. The van der Waals surface area contributed by atoms with Crippen molar-refractivity contribution in [3.63, 3.8) is 0 Å². The summed E-state index contributed by atoms with van der Waals surface area (Å²) in [5, 5.41) is 8.43. The zero-order valence-corrected chi connectivity index (χ0v) is 9.11. The first-order valence-corrected chi connectivity index (χ1v) is 4.91. The number of aromatic amines is 1. The fourth-order valence-electron chi connectivity index (χ4n) is 1.53. The first kappa shape index (κ1) is 11.1. The van der Waals surface area contributed by atoms with E-state index in [0.717, 1.165) is 4.90 Å². The average Bonchev–Trinajstić information content (AvgIpc) is 2.57. The molecule has 1 fully saturated rings. The van der Waals surface area contributed by atoms with E-state index in [1.165, 1.54) is 0 Å². The summed E-state index contributed by atoms with van der Waals surface area (Å²) in [7, 11) is 0. The number of nitrogens with zero attached hydrogens (tertiary/aromatic N) is 2. The standard InChI is InChI=1S/C9H11N5O3/c1-4-7(10)8(13-12-4)9(17)14-2-5(15)11-6(16)3-14/h2-3,10H2,1H3,(H,12,13)(H,11,15,16). The van der Waals surface area contributed by atoms with Crippen LogP contribution >= 0.6 is 0 Å². The van der Waals surface area contributed by atoms with E-state index in [0.29, 0.717) is 5.69 Å². The molecule has 0 saturated carbocycles. The summed E-state index contributed by atoms with van der Waals surface area (Å²) in [5.41, 5.74) is 6.49. The maximum absolute atomic E-state index is 12.0. The van der Waals surface area contributed by atoms with Crippen LogP contribution in [0.25, 0.3) is 0 Å². The van der Waals surface area contributed by atoms with Gasteiger partial charge in [-0.25, -0.2) is 0 Å². The number of nitrogens with one attached hydrogen (secondary N) is 2. The molecule has 2 heterocycles. The van der Waals surface area contributed by atoms with Crippen LogP contribution in [0.5, 0.6) is 0 Å². The van der Waals surface area contributed by atoms with Crippen LogP contribution < -0.4 is 11.1 Å². The molecule has 17 heavy (non-hydrogen) atoms. The molecule has 0 radical (unpaired) electrons. The van der Waals surface area contributed by atoms with Gasteiger partial charge in [0.05, 0.1) is 11.4 Å².